The van der Waals surface area contributed by atoms with Crippen molar-refractivity contribution in [1.82, 2.24) is 5.32 Å². The Morgan fingerprint density at radius 2 is 1.73 bits per heavy atom. The van der Waals surface area contributed by atoms with Crippen molar-refractivity contribution in [3.63, 3.8) is 0 Å². The van der Waals surface area contributed by atoms with Gasteiger partial charge in [-0.05, 0) is 7.11 Å². The molecule has 88 valence electrons. The summed E-state index contributed by atoms with van der Waals surface area (Å²) >= 11 is 0. The molecule has 0 spiro atoms. The SMILES string of the molecule is COC([O-])=C(NC(C)=O)P(=O)(OC)OC. The molecule has 0 unspecified atom stereocenters. The molecule has 8 heteroatoms. The molecule has 0 heterocycles. The normalized spacial score (nSPS) is 13.1. The molecule has 0 aromatic heterocycles. The van der Waals surface area contributed by atoms with Gasteiger partial charge < -0.3 is 24.2 Å². The maximum Gasteiger partial charge on any atom is 0.378 e. The van der Waals surface area contributed by atoms with Gasteiger partial charge in [0.1, 0.15) is 0 Å². The summed E-state index contributed by atoms with van der Waals surface area (Å²) in [6.45, 7) is 1.15. The molecule has 1 N–H and O–H groups in total. The predicted octanol–water partition coefficient (Wildman–Crippen LogP) is -0.258. The largest absolute Gasteiger partial charge is 0.615 e. The minimum Gasteiger partial charge on any atom is -0.615 e. The minimum absolute atomic E-state index is 0.539. The van der Waals surface area contributed by atoms with Gasteiger partial charge in [-0.25, -0.2) is 0 Å². The predicted molar refractivity (Wildman–Crippen MR) is 49.5 cm³/mol. The van der Waals surface area contributed by atoms with Crippen LogP contribution in [0.25, 0.3) is 0 Å². The fraction of sp³-hybridized carbons (Fsp3) is 0.571. The quantitative estimate of drug-likeness (QED) is 0.523. The van der Waals surface area contributed by atoms with Gasteiger partial charge in [0.15, 0.2) is 5.44 Å². The van der Waals surface area contributed by atoms with Crippen molar-refractivity contribution < 1.29 is 28.3 Å². The second kappa shape index (κ2) is 5.75. The number of nitrogens with one attached hydrogen (secondary N) is 1. The number of carbonyl (C=O) groups excluding carboxylic acids is 1. The fourth-order valence-electron chi connectivity index (χ4n) is 0.752. The lowest BCUT2D eigenvalue weighted by Gasteiger charge is -2.22. The highest BCUT2D eigenvalue weighted by atomic mass is 31.2. The Bertz CT molecular complexity index is 305. The highest BCUT2D eigenvalue weighted by molar-refractivity contribution is 7.58. The van der Waals surface area contributed by atoms with Crippen LogP contribution in [0.1, 0.15) is 6.92 Å². The summed E-state index contributed by atoms with van der Waals surface area (Å²) in [6.07, 6.45) is 0. The highest BCUT2D eigenvalue weighted by Crippen LogP contribution is 2.53. The van der Waals surface area contributed by atoms with Gasteiger partial charge in [-0.3, -0.25) is 9.36 Å². The smallest absolute Gasteiger partial charge is 0.378 e. The van der Waals surface area contributed by atoms with Crippen LogP contribution in [0.15, 0.2) is 11.4 Å². The van der Waals surface area contributed by atoms with E-state index in [4.69, 9.17) is 0 Å². The lowest BCUT2D eigenvalue weighted by Crippen LogP contribution is -2.26. The number of hydrogen-bond donors (Lipinski definition) is 1. The Kier molecular flexibility index (Phi) is 5.35. The van der Waals surface area contributed by atoms with Gasteiger partial charge in [0.05, 0.1) is 5.95 Å². The van der Waals surface area contributed by atoms with E-state index < -0.39 is 24.9 Å². The summed E-state index contributed by atoms with van der Waals surface area (Å²) in [5.74, 6) is -1.55. The monoisotopic (exact) mass is 238 g/mol. The summed E-state index contributed by atoms with van der Waals surface area (Å²) < 4.78 is 25.2. The maximum absolute atomic E-state index is 11.8. The zero-order valence-corrected chi connectivity index (χ0v) is 9.79. The minimum atomic E-state index is -3.81. The van der Waals surface area contributed by atoms with Crippen molar-refractivity contribution in [2.24, 2.45) is 0 Å². The molecular weight excluding hydrogens is 225 g/mol. The molecule has 0 aromatic rings. The first-order valence-electron chi connectivity index (χ1n) is 3.86. The third-order valence-electron chi connectivity index (χ3n) is 1.43. The van der Waals surface area contributed by atoms with Crippen molar-refractivity contribution in [1.29, 1.82) is 0 Å². The zero-order chi connectivity index (χ0) is 12.1. The van der Waals surface area contributed by atoms with Crippen molar-refractivity contribution in [2.45, 2.75) is 6.92 Å². The molecule has 0 aromatic carbocycles. The van der Waals surface area contributed by atoms with E-state index in [1.807, 2.05) is 0 Å². The van der Waals surface area contributed by atoms with Gasteiger partial charge >= 0.3 is 7.60 Å². The molecule has 7 nitrogen and oxygen atoms in total. The van der Waals surface area contributed by atoms with Gasteiger partial charge in [0, 0.05) is 21.1 Å². The molecule has 0 atom stereocenters. The number of methoxy groups -OCH3 is 1. The van der Waals surface area contributed by atoms with E-state index in [9.17, 15) is 14.5 Å². The molecular formula is C7H13NO6P-. The molecule has 15 heavy (non-hydrogen) atoms. The van der Waals surface area contributed by atoms with Crippen molar-refractivity contribution >= 4 is 13.5 Å². The summed E-state index contributed by atoms with van der Waals surface area (Å²) in [4.78, 5) is 10.8. The van der Waals surface area contributed by atoms with Crippen LogP contribution in [0.5, 0.6) is 0 Å². The molecule has 0 aliphatic rings. The van der Waals surface area contributed by atoms with Crippen LogP contribution in [0.2, 0.25) is 0 Å². The number of carbonyl (C=O) groups is 1. The Hall–Kier alpha value is -1.04. The standard InChI is InChI=1S/C7H14NO6P/c1-5(9)8-6(7(10)12-2)15(11,13-3)14-4/h10H,1-4H3,(H,8,9)/p-1. The van der Waals surface area contributed by atoms with Crippen LogP contribution >= 0.6 is 7.60 Å². The third kappa shape index (κ3) is 3.54. The zero-order valence-electron chi connectivity index (χ0n) is 8.90. The molecule has 0 saturated carbocycles. The van der Waals surface area contributed by atoms with E-state index in [2.05, 4.69) is 19.1 Å². The van der Waals surface area contributed by atoms with Crippen molar-refractivity contribution in [2.75, 3.05) is 21.3 Å². The first kappa shape index (κ1) is 14.0. The first-order chi connectivity index (χ1) is 6.91. The van der Waals surface area contributed by atoms with Crippen LogP contribution in [-0.4, -0.2) is 27.2 Å². The Morgan fingerprint density at radius 1 is 1.27 bits per heavy atom. The first-order valence-corrected chi connectivity index (χ1v) is 5.40. The summed E-state index contributed by atoms with van der Waals surface area (Å²) in [5.41, 5.74) is -0.539. The average Bonchev–Trinajstić information content (AvgIpc) is 2.23. The van der Waals surface area contributed by atoms with Crippen LogP contribution in [0.3, 0.4) is 0 Å². The van der Waals surface area contributed by atoms with Crippen LogP contribution in [0, 0.1) is 0 Å². The number of ether oxygens (including phenoxy) is 1. The van der Waals surface area contributed by atoms with E-state index in [1.165, 1.54) is 0 Å². The van der Waals surface area contributed by atoms with Crippen LogP contribution < -0.4 is 10.4 Å². The van der Waals surface area contributed by atoms with Gasteiger partial charge in [-0.1, -0.05) is 0 Å². The molecule has 0 bridgehead atoms. The van der Waals surface area contributed by atoms with Crippen LogP contribution in [0.4, 0.5) is 0 Å². The van der Waals surface area contributed by atoms with E-state index in [-0.39, 0.29) is 0 Å². The van der Waals surface area contributed by atoms with Gasteiger partial charge in [0.25, 0.3) is 0 Å². The second-order valence-corrected chi connectivity index (χ2v) is 4.56. The summed E-state index contributed by atoms with van der Waals surface area (Å²) in [7, 11) is -0.540. The van der Waals surface area contributed by atoms with Gasteiger partial charge in [0.2, 0.25) is 5.91 Å². The van der Waals surface area contributed by atoms with Crippen molar-refractivity contribution in [3.05, 3.63) is 11.4 Å². The van der Waals surface area contributed by atoms with Gasteiger partial charge in [-0.15, -0.1) is 0 Å². The second-order valence-electron chi connectivity index (χ2n) is 2.38. The number of rotatable bonds is 5. The van der Waals surface area contributed by atoms with E-state index in [1.54, 1.807) is 0 Å². The molecule has 0 radical (unpaired) electrons. The average molecular weight is 238 g/mol. The fourth-order valence-corrected chi connectivity index (χ4v) is 1.88. The van der Waals surface area contributed by atoms with Gasteiger partial charge in [-0.2, -0.15) is 0 Å². The molecule has 0 fully saturated rings. The Morgan fingerprint density at radius 3 is 2.00 bits per heavy atom. The number of hydrogen-bond acceptors (Lipinski definition) is 6. The highest BCUT2D eigenvalue weighted by Gasteiger charge is 2.30. The lowest BCUT2D eigenvalue weighted by atomic mass is 10.7. The summed E-state index contributed by atoms with van der Waals surface area (Å²) in [6, 6.07) is 0. The van der Waals surface area contributed by atoms with E-state index >= 15 is 0 Å². The lowest BCUT2D eigenvalue weighted by molar-refractivity contribution is -0.354. The molecule has 0 aliphatic carbocycles. The Balaban J connectivity index is 5.29. The Labute approximate surface area is 87.5 Å². The molecule has 0 aliphatic heterocycles. The molecule has 1 amide bonds. The third-order valence-corrected chi connectivity index (χ3v) is 3.23. The van der Waals surface area contributed by atoms with E-state index in [0.29, 0.717) is 0 Å². The van der Waals surface area contributed by atoms with E-state index in [0.717, 1.165) is 28.3 Å². The molecule has 0 rings (SSSR count). The van der Waals surface area contributed by atoms with Crippen molar-refractivity contribution in [3.8, 4) is 0 Å². The topological polar surface area (TPSA) is 96.9 Å². The number of amides is 1. The maximum atomic E-state index is 11.8. The molecule has 0 saturated heterocycles. The van der Waals surface area contributed by atoms with Crippen LogP contribution in [-0.2, 0) is 23.1 Å². The summed E-state index contributed by atoms with van der Waals surface area (Å²) in [5, 5.41) is 13.3.